The maximum absolute atomic E-state index is 10.3. The molecule has 1 saturated heterocycles. The van der Waals surface area contributed by atoms with E-state index in [9.17, 15) is 5.11 Å². The number of hydrogen-bond donors (Lipinski definition) is 2. The van der Waals surface area contributed by atoms with Gasteiger partial charge in [-0.3, -0.25) is 9.88 Å². The molecule has 2 N–H and O–H groups in total. The first-order chi connectivity index (χ1) is 10.1. The number of piperidine rings is 1. The van der Waals surface area contributed by atoms with Crippen LogP contribution in [0.2, 0.25) is 0 Å². The molecule has 0 bridgehead atoms. The van der Waals surface area contributed by atoms with E-state index in [-0.39, 0.29) is 0 Å². The number of nitrogens with one attached hydrogen (secondary N) is 1. The van der Waals surface area contributed by atoms with E-state index in [1.165, 1.54) is 5.56 Å². The van der Waals surface area contributed by atoms with Crippen LogP contribution in [0, 0.1) is 0 Å². The van der Waals surface area contributed by atoms with Gasteiger partial charge in [0.25, 0.3) is 0 Å². The van der Waals surface area contributed by atoms with E-state index in [0.717, 1.165) is 45.3 Å². The lowest BCUT2D eigenvalue weighted by atomic mass is 9.96. The van der Waals surface area contributed by atoms with Gasteiger partial charge in [-0.05, 0) is 50.4 Å². The van der Waals surface area contributed by atoms with Crippen molar-refractivity contribution in [3.05, 3.63) is 30.1 Å². The van der Waals surface area contributed by atoms with Crippen LogP contribution in [0.25, 0.3) is 0 Å². The minimum absolute atomic E-state index is 0.535. The van der Waals surface area contributed by atoms with Crippen LogP contribution in [-0.2, 0) is 6.54 Å². The van der Waals surface area contributed by atoms with Crippen LogP contribution >= 0.6 is 0 Å². The lowest BCUT2D eigenvalue weighted by Crippen LogP contribution is -2.48. The maximum atomic E-state index is 10.3. The molecule has 1 aliphatic rings. The summed E-state index contributed by atoms with van der Waals surface area (Å²) in [5.41, 5.74) is 0.752. The van der Waals surface area contributed by atoms with E-state index in [4.69, 9.17) is 0 Å². The summed E-state index contributed by atoms with van der Waals surface area (Å²) in [6.07, 6.45) is 7.72. The normalized spacial score (nSPS) is 18.0. The third-order valence-corrected chi connectivity index (χ3v) is 4.75. The van der Waals surface area contributed by atoms with Crippen LogP contribution in [0.15, 0.2) is 24.5 Å². The molecule has 0 unspecified atom stereocenters. The number of pyridine rings is 1. The molecule has 2 heterocycles. The van der Waals surface area contributed by atoms with Gasteiger partial charge >= 0.3 is 0 Å². The maximum Gasteiger partial charge on any atom is 0.0766 e. The summed E-state index contributed by atoms with van der Waals surface area (Å²) >= 11 is 0. The van der Waals surface area contributed by atoms with Crippen molar-refractivity contribution in [2.24, 2.45) is 0 Å². The zero-order valence-electron chi connectivity index (χ0n) is 13.4. The molecule has 0 aliphatic carbocycles. The standard InChI is InChI=1S/C17H29N3O/c1-3-17(21,4-2)14-19-16-7-10-20(11-8-16)13-15-6-5-9-18-12-15/h5-6,9,12,16,19,21H,3-4,7-8,10-11,13-14H2,1-2H3. The van der Waals surface area contributed by atoms with Crippen LogP contribution in [0.1, 0.15) is 45.1 Å². The van der Waals surface area contributed by atoms with E-state index in [0.29, 0.717) is 12.6 Å². The van der Waals surface area contributed by atoms with Gasteiger partial charge in [-0.15, -0.1) is 0 Å². The van der Waals surface area contributed by atoms with Crippen molar-refractivity contribution in [2.45, 2.75) is 57.7 Å². The Labute approximate surface area is 128 Å². The highest BCUT2D eigenvalue weighted by molar-refractivity contribution is 5.08. The summed E-state index contributed by atoms with van der Waals surface area (Å²) in [7, 11) is 0. The van der Waals surface area contributed by atoms with E-state index >= 15 is 0 Å². The minimum atomic E-state index is -0.535. The van der Waals surface area contributed by atoms with Crippen LogP contribution in [0.4, 0.5) is 0 Å². The molecule has 0 spiro atoms. The zero-order chi connectivity index (χ0) is 15.1. The fraction of sp³-hybridized carbons (Fsp3) is 0.706. The Balaban J connectivity index is 1.71. The first-order valence-electron chi connectivity index (χ1n) is 8.22. The van der Waals surface area contributed by atoms with Crippen molar-refractivity contribution in [2.75, 3.05) is 19.6 Å². The molecule has 0 aromatic carbocycles. The smallest absolute Gasteiger partial charge is 0.0766 e. The van der Waals surface area contributed by atoms with Gasteiger partial charge in [0.05, 0.1) is 5.60 Å². The lowest BCUT2D eigenvalue weighted by Gasteiger charge is -2.34. The second kappa shape index (κ2) is 7.87. The highest BCUT2D eigenvalue weighted by Crippen LogP contribution is 2.17. The van der Waals surface area contributed by atoms with E-state index < -0.39 is 5.60 Å². The van der Waals surface area contributed by atoms with Gasteiger partial charge in [0.2, 0.25) is 0 Å². The number of likely N-dealkylation sites (tertiary alicyclic amines) is 1. The molecular formula is C17H29N3O. The number of rotatable bonds is 7. The molecule has 1 aromatic rings. The summed E-state index contributed by atoms with van der Waals surface area (Å²) < 4.78 is 0. The van der Waals surface area contributed by atoms with Crippen molar-refractivity contribution >= 4 is 0 Å². The fourth-order valence-corrected chi connectivity index (χ4v) is 2.88. The topological polar surface area (TPSA) is 48.4 Å². The molecule has 4 nitrogen and oxygen atoms in total. The average molecular weight is 291 g/mol. The number of aliphatic hydroxyl groups is 1. The lowest BCUT2D eigenvalue weighted by molar-refractivity contribution is 0.0271. The first-order valence-corrected chi connectivity index (χ1v) is 8.22. The van der Waals surface area contributed by atoms with Crippen molar-refractivity contribution in [3.8, 4) is 0 Å². The van der Waals surface area contributed by atoms with Gasteiger partial charge in [-0.25, -0.2) is 0 Å². The SMILES string of the molecule is CCC(O)(CC)CNC1CCN(Cc2cccnc2)CC1. The van der Waals surface area contributed by atoms with E-state index in [2.05, 4.69) is 35.1 Å². The molecule has 4 heteroatoms. The summed E-state index contributed by atoms with van der Waals surface area (Å²) in [4.78, 5) is 6.66. The van der Waals surface area contributed by atoms with Crippen LogP contribution in [-0.4, -0.2) is 46.3 Å². The molecule has 0 amide bonds. The first kappa shape index (κ1) is 16.4. The van der Waals surface area contributed by atoms with Crippen molar-refractivity contribution in [1.29, 1.82) is 0 Å². The monoisotopic (exact) mass is 291 g/mol. The Morgan fingerprint density at radius 3 is 2.62 bits per heavy atom. The number of hydrogen-bond acceptors (Lipinski definition) is 4. The summed E-state index contributed by atoms with van der Waals surface area (Å²) in [6.45, 7) is 8.05. The second-order valence-electron chi connectivity index (χ2n) is 6.22. The number of aromatic nitrogens is 1. The minimum Gasteiger partial charge on any atom is -0.389 e. The Morgan fingerprint density at radius 2 is 2.05 bits per heavy atom. The van der Waals surface area contributed by atoms with Crippen LogP contribution < -0.4 is 5.32 Å². The molecule has 1 fully saturated rings. The van der Waals surface area contributed by atoms with Crippen molar-refractivity contribution in [3.63, 3.8) is 0 Å². The zero-order valence-corrected chi connectivity index (χ0v) is 13.4. The Bertz CT molecular complexity index is 398. The highest BCUT2D eigenvalue weighted by Gasteiger charge is 2.25. The summed E-state index contributed by atoms with van der Waals surface area (Å²) in [5.74, 6) is 0. The molecule has 21 heavy (non-hydrogen) atoms. The average Bonchev–Trinajstić information content (AvgIpc) is 2.55. The summed E-state index contributed by atoms with van der Waals surface area (Å²) in [6, 6.07) is 4.68. The van der Waals surface area contributed by atoms with Gasteiger partial charge < -0.3 is 10.4 Å². The molecule has 2 rings (SSSR count). The van der Waals surface area contributed by atoms with E-state index in [1.54, 1.807) is 0 Å². The third-order valence-electron chi connectivity index (χ3n) is 4.75. The van der Waals surface area contributed by atoms with Crippen molar-refractivity contribution < 1.29 is 5.11 Å². The predicted octanol–water partition coefficient (Wildman–Crippen LogP) is 2.19. The Kier molecular flexibility index (Phi) is 6.15. The van der Waals surface area contributed by atoms with Gasteiger partial charge in [0.15, 0.2) is 0 Å². The molecule has 1 aliphatic heterocycles. The second-order valence-corrected chi connectivity index (χ2v) is 6.22. The molecular weight excluding hydrogens is 262 g/mol. The predicted molar refractivity (Wildman–Crippen MR) is 86.1 cm³/mol. The molecule has 1 aromatic heterocycles. The third kappa shape index (κ3) is 5.06. The number of nitrogens with zero attached hydrogens (tertiary/aromatic N) is 2. The molecule has 0 radical (unpaired) electrons. The van der Waals surface area contributed by atoms with E-state index in [1.807, 2.05) is 18.5 Å². The Hall–Kier alpha value is -0.970. The van der Waals surface area contributed by atoms with Crippen LogP contribution in [0.5, 0.6) is 0 Å². The Morgan fingerprint density at radius 1 is 1.33 bits per heavy atom. The molecule has 0 atom stereocenters. The van der Waals surface area contributed by atoms with Gasteiger partial charge in [0.1, 0.15) is 0 Å². The van der Waals surface area contributed by atoms with Gasteiger partial charge in [-0.2, -0.15) is 0 Å². The molecule has 0 saturated carbocycles. The molecule has 118 valence electrons. The fourth-order valence-electron chi connectivity index (χ4n) is 2.88. The van der Waals surface area contributed by atoms with Gasteiger partial charge in [-0.1, -0.05) is 19.9 Å². The largest absolute Gasteiger partial charge is 0.389 e. The van der Waals surface area contributed by atoms with Crippen LogP contribution in [0.3, 0.4) is 0 Å². The van der Waals surface area contributed by atoms with Crippen molar-refractivity contribution in [1.82, 2.24) is 15.2 Å². The van der Waals surface area contributed by atoms with Gasteiger partial charge in [0, 0.05) is 31.5 Å². The summed E-state index contributed by atoms with van der Waals surface area (Å²) in [5, 5.41) is 13.9. The highest BCUT2D eigenvalue weighted by atomic mass is 16.3. The quantitative estimate of drug-likeness (QED) is 0.808.